The van der Waals surface area contributed by atoms with E-state index in [1.165, 1.54) is 6.26 Å². The molecule has 180 valence electrons. The van der Waals surface area contributed by atoms with Crippen LogP contribution in [0, 0.1) is 0 Å². The molecule has 1 aromatic carbocycles. The molecule has 1 aliphatic rings. The lowest BCUT2D eigenvalue weighted by atomic mass is 9.99. The zero-order valence-electron chi connectivity index (χ0n) is 16.5. The number of hydrogen-bond acceptors (Lipinski definition) is 11. The molecule has 2 aromatic rings. The predicted octanol–water partition coefficient (Wildman–Crippen LogP) is -0.758. The van der Waals surface area contributed by atoms with Gasteiger partial charge in [0.2, 0.25) is 16.3 Å². The molecule has 1 aromatic heterocycles. The van der Waals surface area contributed by atoms with Crippen LogP contribution in [0.4, 0.5) is 5.69 Å². The highest BCUT2D eigenvalue weighted by atomic mass is 35.5. The summed E-state index contributed by atoms with van der Waals surface area (Å²) < 4.78 is 38.7. The summed E-state index contributed by atoms with van der Waals surface area (Å²) >= 11 is 5.99. The number of aliphatic carboxylic acids is 1. The highest BCUT2D eigenvalue weighted by molar-refractivity contribution is 7.89. The van der Waals surface area contributed by atoms with Crippen LogP contribution in [0.2, 0.25) is 5.02 Å². The van der Waals surface area contributed by atoms with Crippen molar-refractivity contribution in [3.05, 3.63) is 46.9 Å². The molecule has 33 heavy (non-hydrogen) atoms. The van der Waals surface area contributed by atoms with Gasteiger partial charge in [-0.25, -0.2) is 23.1 Å². The second-order valence-electron chi connectivity index (χ2n) is 6.95. The summed E-state index contributed by atoms with van der Waals surface area (Å²) in [6.45, 7) is 0.0485. The average molecular weight is 507 g/mol. The second-order valence-corrected chi connectivity index (χ2v) is 8.88. The Balaban J connectivity index is 1.93. The molecule has 7 N–H and O–H groups in total. The number of carboxylic acids is 1. The van der Waals surface area contributed by atoms with Crippen LogP contribution in [-0.4, -0.2) is 71.5 Å². The number of primary sulfonamides is 1. The number of esters is 1. The van der Waals surface area contributed by atoms with E-state index < -0.39 is 63.1 Å². The summed E-state index contributed by atoms with van der Waals surface area (Å²) in [6.07, 6.45) is -8.64. The van der Waals surface area contributed by atoms with Crippen LogP contribution in [-0.2, 0) is 30.8 Å². The third-order valence-corrected chi connectivity index (χ3v) is 6.04. The number of aliphatic hydroxyl groups excluding tert-OH is 3. The molecule has 0 radical (unpaired) electrons. The summed E-state index contributed by atoms with van der Waals surface area (Å²) in [7, 11) is -4.36. The van der Waals surface area contributed by atoms with E-state index in [9.17, 15) is 33.3 Å². The van der Waals surface area contributed by atoms with E-state index in [1.807, 2.05) is 0 Å². The fraction of sp³-hybridized carbons (Fsp3) is 0.333. The number of hydrogen-bond donors (Lipinski definition) is 6. The van der Waals surface area contributed by atoms with Crippen molar-refractivity contribution >= 4 is 39.3 Å². The van der Waals surface area contributed by atoms with E-state index in [1.54, 1.807) is 12.1 Å². The number of nitrogens with one attached hydrogen (secondary N) is 1. The topological polar surface area (TPSA) is 219 Å². The Hall–Kier alpha value is -2.72. The van der Waals surface area contributed by atoms with Gasteiger partial charge in [0.05, 0.1) is 29.1 Å². The zero-order valence-corrected chi connectivity index (χ0v) is 18.1. The monoisotopic (exact) mass is 506 g/mol. The van der Waals surface area contributed by atoms with Gasteiger partial charge in [0.1, 0.15) is 29.0 Å². The smallest absolute Gasteiger partial charge is 0.342 e. The Morgan fingerprint density at radius 1 is 1.18 bits per heavy atom. The summed E-state index contributed by atoms with van der Waals surface area (Å²) in [5.74, 6) is -2.51. The molecule has 5 atom stereocenters. The van der Waals surface area contributed by atoms with Crippen molar-refractivity contribution < 1.29 is 52.3 Å². The lowest BCUT2D eigenvalue weighted by molar-refractivity contribution is -0.278. The predicted molar refractivity (Wildman–Crippen MR) is 109 cm³/mol. The average Bonchev–Trinajstić information content (AvgIpc) is 3.25. The number of aliphatic hydroxyl groups is 3. The van der Waals surface area contributed by atoms with Crippen molar-refractivity contribution in [1.82, 2.24) is 0 Å². The largest absolute Gasteiger partial charge is 0.479 e. The third-order valence-electron chi connectivity index (χ3n) is 4.67. The van der Waals surface area contributed by atoms with Gasteiger partial charge in [0.15, 0.2) is 6.10 Å². The first-order valence-corrected chi connectivity index (χ1v) is 11.1. The van der Waals surface area contributed by atoms with Gasteiger partial charge in [-0.2, -0.15) is 0 Å². The highest BCUT2D eigenvalue weighted by Crippen LogP contribution is 2.31. The van der Waals surface area contributed by atoms with Gasteiger partial charge in [-0.1, -0.05) is 11.6 Å². The molecule has 1 saturated heterocycles. The lowest BCUT2D eigenvalue weighted by Gasteiger charge is -2.38. The van der Waals surface area contributed by atoms with Crippen LogP contribution >= 0.6 is 11.6 Å². The number of carbonyl (C=O) groups is 2. The third kappa shape index (κ3) is 5.44. The van der Waals surface area contributed by atoms with E-state index in [0.29, 0.717) is 5.76 Å². The van der Waals surface area contributed by atoms with Gasteiger partial charge in [0, 0.05) is 0 Å². The number of furan rings is 1. The minimum atomic E-state index is -4.36. The molecule has 15 heteroatoms. The molecule has 1 fully saturated rings. The van der Waals surface area contributed by atoms with Crippen molar-refractivity contribution in [2.24, 2.45) is 5.14 Å². The van der Waals surface area contributed by atoms with E-state index >= 15 is 0 Å². The Morgan fingerprint density at radius 2 is 1.88 bits per heavy atom. The molecule has 2 heterocycles. The normalized spacial score (nSPS) is 25.4. The van der Waals surface area contributed by atoms with Gasteiger partial charge in [-0.05, 0) is 24.3 Å². The maximum atomic E-state index is 12.8. The van der Waals surface area contributed by atoms with Crippen LogP contribution in [0.3, 0.4) is 0 Å². The molecular formula is C18H19ClN2O11S. The number of halogens is 1. The minimum absolute atomic E-state index is 0.0190. The van der Waals surface area contributed by atoms with Crippen molar-refractivity contribution in [1.29, 1.82) is 0 Å². The first kappa shape index (κ1) is 24.9. The number of sulfonamides is 1. The number of carbonyl (C=O) groups excluding carboxylic acids is 1. The van der Waals surface area contributed by atoms with Crippen LogP contribution < -0.4 is 10.5 Å². The number of benzene rings is 1. The molecule has 0 spiro atoms. The SMILES string of the molecule is NS(=O)(=O)c1cc(C(=O)OC2OC(C(=O)O)C(O)C(O)C2O)c(NCc2ccco2)cc1Cl. The summed E-state index contributed by atoms with van der Waals surface area (Å²) in [5, 5.41) is 46.4. The summed E-state index contributed by atoms with van der Waals surface area (Å²) in [4.78, 5) is 23.5. The first-order valence-electron chi connectivity index (χ1n) is 9.16. The number of nitrogens with two attached hydrogens (primary N) is 1. The molecule has 0 bridgehead atoms. The maximum Gasteiger partial charge on any atom is 0.342 e. The van der Waals surface area contributed by atoms with Gasteiger partial charge < -0.3 is 39.6 Å². The number of rotatable bonds is 7. The molecule has 5 unspecified atom stereocenters. The fourth-order valence-electron chi connectivity index (χ4n) is 3.00. The van der Waals surface area contributed by atoms with Crippen molar-refractivity contribution in [2.75, 3.05) is 5.32 Å². The Kier molecular flexibility index (Phi) is 7.28. The number of anilines is 1. The molecule has 1 aliphatic heterocycles. The standard InChI is InChI=1S/C18H19ClN2O11S/c19-9-5-10(21-6-7-2-1-3-30-7)8(4-11(9)33(20,28)29)17(27)32-18-14(24)12(22)13(23)15(31-18)16(25)26/h1-5,12-15,18,21-24H,6H2,(H,25,26)(H2,20,28,29). The van der Waals surface area contributed by atoms with Crippen LogP contribution in [0.1, 0.15) is 16.1 Å². The molecule has 0 saturated carbocycles. The molecular weight excluding hydrogens is 488 g/mol. The molecule has 13 nitrogen and oxygen atoms in total. The van der Waals surface area contributed by atoms with Crippen LogP contribution in [0.15, 0.2) is 39.8 Å². The minimum Gasteiger partial charge on any atom is -0.479 e. The molecule has 0 amide bonds. The van der Waals surface area contributed by atoms with Crippen LogP contribution in [0.25, 0.3) is 0 Å². The summed E-state index contributed by atoms with van der Waals surface area (Å²) in [6, 6.07) is 5.15. The fourth-order valence-corrected chi connectivity index (χ4v) is 4.10. The van der Waals surface area contributed by atoms with Gasteiger partial charge in [-0.15, -0.1) is 0 Å². The summed E-state index contributed by atoms with van der Waals surface area (Å²) in [5.41, 5.74) is -0.437. The first-order chi connectivity index (χ1) is 15.4. The Labute approximate surface area is 191 Å². The van der Waals surface area contributed by atoms with Crippen molar-refractivity contribution in [2.45, 2.75) is 42.1 Å². The zero-order chi connectivity index (χ0) is 24.5. The van der Waals surface area contributed by atoms with E-state index in [0.717, 1.165) is 12.1 Å². The highest BCUT2D eigenvalue weighted by Gasteiger charge is 2.48. The lowest BCUT2D eigenvalue weighted by Crippen LogP contribution is -2.60. The van der Waals surface area contributed by atoms with E-state index in [2.05, 4.69) is 5.32 Å². The van der Waals surface area contributed by atoms with Gasteiger partial charge in [0.25, 0.3) is 0 Å². The number of ether oxygens (including phenoxy) is 2. The Bertz CT molecular complexity index is 1140. The van der Waals surface area contributed by atoms with Gasteiger partial charge in [-0.3, -0.25) is 0 Å². The van der Waals surface area contributed by atoms with Crippen LogP contribution in [0.5, 0.6) is 0 Å². The number of carboxylic acid groups (broad SMARTS) is 1. The van der Waals surface area contributed by atoms with Gasteiger partial charge >= 0.3 is 11.9 Å². The van der Waals surface area contributed by atoms with Crippen molar-refractivity contribution in [3.63, 3.8) is 0 Å². The Morgan fingerprint density at radius 3 is 2.45 bits per heavy atom. The van der Waals surface area contributed by atoms with E-state index in [4.69, 9.17) is 35.7 Å². The second kappa shape index (κ2) is 9.64. The maximum absolute atomic E-state index is 12.8. The molecule has 0 aliphatic carbocycles. The quantitative estimate of drug-likeness (QED) is 0.255. The van der Waals surface area contributed by atoms with E-state index in [-0.39, 0.29) is 17.3 Å². The molecule has 3 rings (SSSR count). The van der Waals surface area contributed by atoms with Crippen molar-refractivity contribution in [3.8, 4) is 0 Å².